The van der Waals surface area contributed by atoms with Crippen molar-refractivity contribution in [2.75, 3.05) is 0 Å². The number of halogens is 3. The molecule has 4 rings (SSSR count). The fourth-order valence-corrected chi connectivity index (χ4v) is 5.10. The normalized spacial score (nSPS) is 19.5. The number of benzene rings is 2. The number of amides is 1. The molecule has 2 N–H and O–H groups in total. The molecule has 10 heteroatoms. The van der Waals surface area contributed by atoms with Crippen molar-refractivity contribution < 1.29 is 37.8 Å². The summed E-state index contributed by atoms with van der Waals surface area (Å²) in [5.41, 5.74) is 2.24. The maximum Gasteiger partial charge on any atom is 0.490 e. The molecular formula is C29H33F3N2O5. The molecule has 39 heavy (non-hydrogen) atoms. The molecule has 1 atom stereocenters. The Labute approximate surface area is 225 Å². The van der Waals surface area contributed by atoms with Crippen LogP contribution >= 0.6 is 0 Å². The van der Waals surface area contributed by atoms with Gasteiger partial charge in [0, 0.05) is 6.42 Å². The van der Waals surface area contributed by atoms with E-state index in [1.807, 2.05) is 48.2 Å². The molecular weight excluding hydrogens is 513 g/mol. The van der Waals surface area contributed by atoms with E-state index in [-0.39, 0.29) is 11.5 Å². The van der Waals surface area contributed by atoms with Crippen LogP contribution in [0.5, 0.6) is 0 Å². The van der Waals surface area contributed by atoms with Crippen molar-refractivity contribution in [2.45, 2.75) is 77.1 Å². The Morgan fingerprint density at radius 1 is 1.05 bits per heavy atom. The first-order valence-electron chi connectivity index (χ1n) is 13.0. The molecule has 2 aromatic carbocycles. The molecule has 1 heterocycles. The summed E-state index contributed by atoms with van der Waals surface area (Å²) in [5.74, 6) is -2.29. The standard InChI is InChI=1S/C27H32N2O3.C2HF3O2/c1-3-4-13-24-28-27(2,21-9-5-6-10-21)26(32)29(24)18-19-14-16-20(17-15-19)22-11-7-8-12-23(22)25(30)31;3-2(4,5)1(6)7/h7-8,11-12,14-17,21H,3-6,9-10,13,18H2,1-2H3,(H,30,31);(H,6,7)/t27-;/m1./s1. The molecule has 2 aromatic rings. The van der Waals surface area contributed by atoms with Crippen LogP contribution in [0.4, 0.5) is 13.2 Å². The van der Waals surface area contributed by atoms with Crippen LogP contribution in [0.25, 0.3) is 11.1 Å². The van der Waals surface area contributed by atoms with Gasteiger partial charge in [0.1, 0.15) is 11.4 Å². The zero-order valence-electron chi connectivity index (χ0n) is 22.0. The number of alkyl halides is 3. The van der Waals surface area contributed by atoms with Crippen LogP contribution in [0.2, 0.25) is 0 Å². The zero-order valence-corrected chi connectivity index (χ0v) is 22.0. The Balaban J connectivity index is 0.000000532. The fraction of sp³-hybridized carbons (Fsp3) is 0.448. The van der Waals surface area contributed by atoms with Crippen molar-refractivity contribution in [3.8, 4) is 11.1 Å². The third-order valence-electron chi connectivity index (χ3n) is 7.26. The average Bonchev–Trinajstić information content (AvgIpc) is 3.52. The van der Waals surface area contributed by atoms with E-state index >= 15 is 0 Å². The van der Waals surface area contributed by atoms with Crippen LogP contribution in [0, 0.1) is 5.92 Å². The second-order valence-electron chi connectivity index (χ2n) is 10.0. The van der Waals surface area contributed by atoms with Crippen LogP contribution in [0.3, 0.4) is 0 Å². The van der Waals surface area contributed by atoms with Gasteiger partial charge in [0.2, 0.25) is 0 Å². The molecule has 1 amide bonds. The minimum atomic E-state index is -5.08. The molecule has 210 valence electrons. The summed E-state index contributed by atoms with van der Waals surface area (Å²) < 4.78 is 31.7. The Morgan fingerprint density at radius 3 is 2.18 bits per heavy atom. The van der Waals surface area contributed by atoms with Gasteiger partial charge in [-0.25, -0.2) is 9.59 Å². The number of aliphatic carboxylic acids is 1. The van der Waals surface area contributed by atoms with E-state index in [9.17, 15) is 27.9 Å². The summed E-state index contributed by atoms with van der Waals surface area (Å²) in [6.45, 7) is 4.69. The van der Waals surface area contributed by atoms with E-state index in [1.54, 1.807) is 12.1 Å². The number of hydrogen-bond donors (Lipinski definition) is 2. The first-order valence-corrected chi connectivity index (χ1v) is 13.0. The van der Waals surface area contributed by atoms with E-state index in [0.717, 1.165) is 49.1 Å². The number of carbonyl (C=O) groups excluding carboxylic acids is 1. The van der Waals surface area contributed by atoms with E-state index in [1.165, 1.54) is 12.8 Å². The van der Waals surface area contributed by atoms with Gasteiger partial charge in [0.05, 0.1) is 12.1 Å². The highest BCUT2D eigenvalue weighted by Crippen LogP contribution is 2.41. The molecule has 1 aliphatic heterocycles. The Hall–Kier alpha value is -3.69. The summed E-state index contributed by atoms with van der Waals surface area (Å²) >= 11 is 0. The Morgan fingerprint density at radius 2 is 1.64 bits per heavy atom. The minimum absolute atomic E-state index is 0.135. The van der Waals surface area contributed by atoms with Crippen LogP contribution in [0.1, 0.15) is 74.7 Å². The predicted molar refractivity (Wildman–Crippen MR) is 140 cm³/mol. The second kappa shape index (κ2) is 12.4. The maximum atomic E-state index is 13.5. The van der Waals surface area contributed by atoms with Gasteiger partial charge in [-0.05, 0) is 54.9 Å². The summed E-state index contributed by atoms with van der Waals surface area (Å²) in [6, 6.07) is 14.9. The zero-order chi connectivity index (χ0) is 28.8. The summed E-state index contributed by atoms with van der Waals surface area (Å²) in [5, 5.41) is 16.6. The predicted octanol–water partition coefficient (Wildman–Crippen LogP) is 6.56. The average molecular weight is 547 g/mol. The molecule has 0 bridgehead atoms. The van der Waals surface area contributed by atoms with E-state index in [0.29, 0.717) is 18.0 Å². The maximum absolute atomic E-state index is 13.5. The smallest absolute Gasteiger partial charge is 0.478 e. The van der Waals surface area contributed by atoms with Gasteiger partial charge in [0.25, 0.3) is 5.91 Å². The van der Waals surface area contributed by atoms with Gasteiger partial charge in [-0.1, -0.05) is 68.7 Å². The summed E-state index contributed by atoms with van der Waals surface area (Å²) in [4.78, 5) is 40.9. The molecule has 1 fully saturated rings. The quantitative estimate of drug-likeness (QED) is 0.390. The number of carbonyl (C=O) groups is 3. The fourth-order valence-electron chi connectivity index (χ4n) is 5.10. The van der Waals surface area contributed by atoms with E-state index < -0.39 is 23.7 Å². The minimum Gasteiger partial charge on any atom is -0.478 e. The Bertz CT molecular complexity index is 1220. The molecule has 0 spiro atoms. The molecule has 0 unspecified atom stereocenters. The van der Waals surface area contributed by atoms with Crippen molar-refractivity contribution >= 4 is 23.7 Å². The van der Waals surface area contributed by atoms with Gasteiger partial charge >= 0.3 is 18.1 Å². The lowest BCUT2D eigenvalue weighted by Gasteiger charge is -2.28. The van der Waals surface area contributed by atoms with Crippen LogP contribution in [0.15, 0.2) is 53.5 Å². The van der Waals surface area contributed by atoms with Crippen molar-refractivity contribution in [2.24, 2.45) is 10.9 Å². The number of amidine groups is 1. The Kier molecular flexibility index (Phi) is 9.53. The molecule has 0 saturated heterocycles. The van der Waals surface area contributed by atoms with Crippen molar-refractivity contribution in [3.05, 3.63) is 59.7 Å². The number of hydrogen-bond acceptors (Lipinski definition) is 4. The van der Waals surface area contributed by atoms with Gasteiger partial charge in [-0.15, -0.1) is 0 Å². The highest BCUT2D eigenvalue weighted by Gasteiger charge is 2.49. The first-order chi connectivity index (χ1) is 18.4. The highest BCUT2D eigenvalue weighted by atomic mass is 19.4. The largest absolute Gasteiger partial charge is 0.490 e. The summed E-state index contributed by atoms with van der Waals surface area (Å²) in [6.07, 6.45) is 2.37. The number of aliphatic imine (C=N–C) groups is 1. The molecule has 0 radical (unpaired) electrons. The van der Waals surface area contributed by atoms with Crippen molar-refractivity contribution in [1.82, 2.24) is 4.90 Å². The number of carboxylic acid groups (broad SMARTS) is 2. The molecule has 0 aromatic heterocycles. The number of rotatable bonds is 8. The van der Waals surface area contributed by atoms with Gasteiger partial charge in [-0.2, -0.15) is 13.2 Å². The topological polar surface area (TPSA) is 107 Å². The number of carboxylic acids is 2. The molecule has 7 nitrogen and oxygen atoms in total. The van der Waals surface area contributed by atoms with Crippen LogP contribution in [-0.2, 0) is 16.1 Å². The molecule has 2 aliphatic rings. The van der Waals surface area contributed by atoms with Gasteiger partial charge < -0.3 is 10.2 Å². The first kappa shape index (κ1) is 29.9. The van der Waals surface area contributed by atoms with Crippen molar-refractivity contribution in [3.63, 3.8) is 0 Å². The van der Waals surface area contributed by atoms with E-state index in [2.05, 4.69) is 6.92 Å². The highest BCUT2D eigenvalue weighted by molar-refractivity contribution is 6.08. The summed E-state index contributed by atoms with van der Waals surface area (Å²) in [7, 11) is 0. The van der Waals surface area contributed by atoms with Crippen molar-refractivity contribution in [1.29, 1.82) is 0 Å². The number of aromatic carboxylic acids is 1. The lowest BCUT2D eigenvalue weighted by molar-refractivity contribution is -0.192. The number of nitrogens with zero attached hydrogens (tertiary/aromatic N) is 2. The third kappa shape index (κ3) is 7.04. The molecule has 1 aliphatic carbocycles. The lowest BCUT2D eigenvalue weighted by atomic mass is 9.84. The van der Waals surface area contributed by atoms with E-state index in [4.69, 9.17) is 14.9 Å². The third-order valence-corrected chi connectivity index (χ3v) is 7.26. The molecule has 1 saturated carbocycles. The SMILES string of the molecule is CCCCC1=N[C@](C)(C2CCCC2)C(=O)N1Cc1ccc(-c2ccccc2C(=O)O)cc1.O=C(O)C(F)(F)F. The van der Waals surface area contributed by atoms with Gasteiger partial charge in [0.15, 0.2) is 0 Å². The number of unbranched alkanes of at least 4 members (excludes halogenated alkanes) is 1. The van der Waals surface area contributed by atoms with Crippen LogP contribution in [-0.4, -0.2) is 50.5 Å². The van der Waals surface area contributed by atoms with Crippen LogP contribution < -0.4 is 0 Å². The lowest BCUT2D eigenvalue weighted by Crippen LogP contribution is -2.44. The monoisotopic (exact) mass is 546 g/mol. The van der Waals surface area contributed by atoms with Gasteiger partial charge in [-0.3, -0.25) is 14.7 Å². The second-order valence-corrected chi connectivity index (χ2v) is 10.0.